The van der Waals surface area contributed by atoms with E-state index in [0.717, 1.165) is 14.9 Å². The van der Waals surface area contributed by atoms with Crippen molar-refractivity contribution in [1.29, 1.82) is 0 Å². The lowest BCUT2D eigenvalue weighted by Gasteiger charge is -2.11. The third-order valence-electron chi connectivity index (χ3n) is 3.85. The van der Waals surface area contributed by atoms with Gasteiger partial charge in [0.2, 0.25) is 0 Å². The highest BCUT2D eigenvalue weighted by Gasteiger charge is 2.33. The van der Waals surface area contributed by atoms with E-state index in [9.17, 15) is 9.59 Å². The highest BCUT2D eigenvalue weighted by molar-refractivity contribution is 9.10. The summed E-state index contributed by atoms with van der Waals surface area (Å²) in [5.41, 5.74) is 1.50. The molecule has 0 spiro atoms. The number of urea groups is 1. The van der Waals surface area contributed by atoms with Crippen LogP contribution in [0.2, 0.25) is 10.0 Å². The molecule has 3 rings (SSSR count). The summed E-state index contributed by atoms with van der Waals surface area (Å²) in [5, 5.41) is 3.06. The summed E-state index contributed by atoms with van der Waals surface area (Å²) < 4.78 is 6.22. The van der Waals surface area contributed by atoms with Gasteiger partial charge in [-0.25, -0.2) is 4.79 Å². The zero-order valence-corrected chi connectivity index (χ0v) is 17.4. The Morgan fingerprint density at radius 2 is 1.82 bits per heavy atom. The van der Waals surface area contributed by atoms with Gasteiger partial charge >= 0.3 is 6.03 Å². The van der Waals surface area contributed by atoms with Crippen LogP contribution in [-0.4, -0.2) is 23.4 Å². The molecule has 1 fully saturated rings. The molecular formula is C20H13BrCl2N2O3. The fourth-order valence-corrected chi connectivity index (χ4v) is 3.45. The highest BCUT2D eigenvalue weighted by atomic mass is 79.9. The van der Waals surface area contributed by atoms with Crippen molar-refractivity contribution in [2.24, 2.45) is 0 Å². The van der Waals surface area contributed by atoms with Crippen molar-refractivity contribution in [1.82, 2.24) is 10.2 Å². The van der Waals surface area contributed by atoms with E-state index in [0.29, 0.717) is 5.56 Å². The van der Waals surface area contributed by atoms with Gasteiger partial charge in [0.05, 0.1) is 16.6 Å². The molecule has 0 unspecified atom stereocenters. The number of imide groups is 1. The number of halogens is 3. The molecule has 0 bridgehead atoms. The number of nitrogens with one attached hydrogen (secondary N) is 1. The predicted molar refractivity (Wildman–Crippen MR) is 112 cm³/mol. The normalized spacial score (nSPS) is 14.9. The number of hydrogen-bond acceptors (Lipinski definition) is 3. The second-order valence-corrected chi connectivity index (χ2v) is 7.54. The van der Waals surface area contributed by atoms with E-state index in [1.54, 1.807) is 12.1 Å². The van der Waals surface area contributed by atoms with Crippen LogP contribution < -0.4 is 10.1 Å². The first-order valence-electron chi connectivity index (χ1n) is 8.03. The number of nitrogens with zero attached hydrogens (tertiary/aromatic N) is 1. The molecule has 0 saturated carbocycles. The van der Waals surface area contributed by atoms with Crippen molar-refractivity contribution in [2.45, 2.75) is 6.54 Å². The van der Waals surface area contributed by atoms with E-state index in [2.05, 4.69) is 27.2 Å². The smallest absolute Gasteiger partial charge is 0.329 e. The van der Waals surface area contributed by atoms with E-state index >= 15 is 0 Å². The van der Waals surface area contributed by atoms with Gasteiger partial charge in [-0.2, -0.15) is 0 Å². The Morgan fingerprint density at radius 1 is 1.18 bits per heavy atom. The Balaban J connectivity index is 1.81. The van der Waals surface area contributed by atoms with Gasteiger partial charge < -0.3 is 10.1 Å². The first-order chi connectivity index (χ1) is 13.4. The van der Waals surface area contributed by atoms with Gasteiger partial charge in [-0.3, -0.25) is 9.69 Å². The quantitative estimate of drug-likeness (QED) is 0.378. The SMILES string of the molecule is C#CCOc1c(Cl)cc(/C=C2/NC(=O)N(Cc3ccc(Br)cc3)C2=O)cc1Cl. The van der Waals surface area contributed by atoms with Gasteiger partial charge in [0.15, 0.2) is 5.75 Å². The minimum atomic E-state index is -0.495. The monoisotopic (exact) mass is 478 g/mol. The van der Waals surface area contributed by atoms with Crippen LogP contribution in [0, 0.1) is 12.3 Å². The maximum atomic E-state index is 12.6. The highest BCUT2D eigenvalue weighted by Crippen LogP contribution is 2.35. The predicted octanol–water partition coefficient (Wildman–Crippen LogP) is 4.86. The molecule has 3 amide bonds. The molecule has 2 aromatic rings. The summed E-state index contributed by atoms with van der Waals surface area (Å²) in [7, 11) is 0. The van der Waals surface area contributed by atoms with Gasteiger partial charge in [-0.15, -0.1) is 6.42 Å². The number of rotatable bonds is 5. The Hall–Kier alpha value is -2.46. The maximum absolute atomic E-state index is 12.6. The van der Waals surface area contributed by atoms with E-state index in [4.69, 9.17) is 34.4 Å². The zero-order valence-electron chi connectivity index (χ0n) is 14.3. The summed E-state index contributed by atoms with van der Waals surface area (Å²) in [4.78, 5) is 26.0. The van der Waals surface area contributed by atoms with E-state index in [1.807, 2.05) is 24.3 Å². The molecule has 0 aliphatic carbocycles. The Labute approximate surface area is 180 Å². The molecule has 1 N–H and O–H groups in total. The Morgan fingerprint density at radius 3 is 2.43 bits per heavy atom. The molecule has 0 radical (unpaired) electrons. The molecule has 1 aliphatic rings. The summed E-state index contributed by atoms with van der Waals surface area (Å²) in [5.74, 6) is 2.16. The third-order valence-corrected chi connectivity index (χ3v) is 4.94. The molecule has 8 heteroatoms. The number of carbonyl (C=O) groups is 2. The first-order valence-corrected chi connectivity index (χ1v) is 9.58. The molecule has 1 heterocycles. The molecule has 28 heavy (non-hydrogen) atoms. The average Bonchev–Trinajstić information content (AvgIpc) is 2.90. The lowest BCUT2D eigenvalue weighted by molar-refractivity contribution is -0.123. The number of ether oxygens (including phenoxy) is 1. The molecule has 1 aliphatic heterocycles. The van der Waals surface area contributed by atoms with Gasteiger partial charge in [0.25, 0.3) is 5.91 Å². The molecule has 0 aromatic heterocycles. The Bertz CT molecular complexity index is 990. The van der Waals surface area contributed by atoms with Gasteiger partial charge in [0.1, 0.15) is 12.3 Å². The summed E-state index contributed by atoms with van der Waals surface area (Å²) >= 11 is 15.7. The number of hydrogen-bond donors (Lipinski definition) is 1. The Kier molecular flexibility index (Phi) is 6.30. The molecule has 2 aromatic carbocycles. The van der Waals surface area contributed by atoms with Crippen molar-refractivity contribution < 1.29 is 14.3 Å². The molecule has 0 atom stereocenters. The van der Waals surface area contributed by atoms with Gasteiger partial charge in [-0.1, -0.05) is 57.2 Å². The van der Waals surface area contributed by atoms with E-state index in [1.165, 1.54) is 6.08 Å². The van der Waals surface area contributed by atoms with Crippen molar-refractivity contribution in [3.8, 4) is 18.1 Å². The zero-order chi connectivity index (χ0) is 20.3. The van der Waals surface area contributed by atoms with Crippen molar-refractivity contribution >= 4 is 57.1 Å². The number of carbonyl (C=O) groups excluding carboxylic acids is 2. The van der Waals surface area contributed by atoms with Crippen LogP contribution in [0.15, 0.2) is 46.6 Å². The van der Waals surface area contributed by atoms with Crippen LogP contribution in [-0.2, 0) is 11.3 Å². The minimum absolute atomic E-state index is 0.0272. The maximum Gasteiger partial charge on any atom is 0.329 e. The summed E-state index contributed by atoms with van der Waals surface area (Å²) in [6.07, 6.45) is 6.67. The molecule has 5 nitrogen and oxygen atoms in total. The average molecular weight is 480 g/mol. The second kappa shape index (κ2) is 8.70. The van der Waals surface area contributed by atoms with Crippen LogP contribution in [0.5, 0.6) is 5.75 Å². The molecule has 142 valence electrons. The summed E-state index contributed by atoms with van der Waals surface area (Å²) in [6.45, 7) is 0.190. The number of amides is 3. The third kappa shape index (κ3) is 4.50. The van der Waals surface area contributed by atoms with E-state index < -0.39 is 11.9 Å². The summed E-state index contributed by atoms with van der Waals surface area (Å²) in [6, 6.07) is 10.0. The molecule has 1 saturated heterocycles. The molecular weight excluding hydrogens is 467 g/mol. The second-order valence-electron chi connectivity index (χ2n) is 5.81. The van der Waals surface area contributed by atoms with Crippen molar-refractivity contribution in [3.05, 3.63) is 67.7 Å². The van der Waals surface area contributed by atoms with Crippen LogP contribution in [0.3, 0.4) is 0 Å². The lowest BCUT2D eigenvalue weighted by atomic mass is 10.1. The van der Waals surface area contributed by atoms with Crippen molar-refractivity contribution in [3.63, 3.8) is 0 Å². The van der Waals surface area contributed by atoms with Crippen LogP contribution in [0.1, 0.15) is 11.1 Å². The fraction of sp³-hybridized carbons (Fsp3) is 0.100. The van der Waals surface area contributed by atoms with Crippen LogP contribution in [0.4, 0.5) is 4.79 Å². The van der Waals surface area contributed by atoms with Crippen molar-refractivity contribution in [2.75, 3.05) is 6.61 Å². The lowest BCUT2D eigenvalue weighted by Crippen LogP contribution is -2.30. The fourth-order valence-electron chi connectivity index (χ4n) is 2.57. The number of terminal acetylenes is 1. The first kappa shape index (κ1) is 20.3. The largest absolute Gasteiger partial charge is 0.478 e. The number of benzene rings is 2. The van der Waals surface area contributed by atoms with Crippen LogP contribution in [0.25, 0.3) is 6.08 Å². The van der Waals surface area contributed by atoms with Crippen LogP contribution >= 0.6 is 39.1 Å². The topological polar surface area (TPSA) is 58.6 Å². The standard InChI is InChI=1S/C20H13BrCl2N2O3/c1-2-7-28-18-15(22)8-13(9-16(18)23)10-17-19(26)25(20(27)24-17)11-12-3-5-14(21)6-4-12/h1,3-6,8-10H,7,11H2,(H,24,27)/b17-10+. The van der Waals surface area contributed by atoms with Gasteiger partial charge in [-0.05, 0) is 41.5 Å². The van der Waals surface area contributed by atoms with E-state index in [-0.39, 0.29) is 34.6 Å². The minimum Gasteiger partial charge on any atom is -0.478 e. The van der Waals surface area contributed by atoms with Gasteiger partial charge in [0, 0.05) is 4.47 Å².